The van der Waals surface area contributed by atoms with E-state index in [2.05, 4.69) is 53.4 Å². The van der Waals surface area contributed by atoms with Crippen molar-refractivity contribution >= 4 is 0 Å². The number of likely N-dealkylation sites (tertiary alicyclic amines) is 1. The molecule has 0 unspecified atom stereocenters. The maximum atomic E-state index is 5.32. The summed E-state index contributed by atoms with van der Waals surface area (Å²) < 4.78 is 7.29. The van der Waals surface area contributed by atoms with Crippen molar-refractivity contribution in [2.45, 2.75) is 45.7 Å². The van der Waals surface area contributed by atoms with Crippen molar-refractivity contribution in [1.82, 2.24) is 20.0 Å². The van der Waals surface area contributed by atoms with Crippen molar-refractivity contribution in [2.24, 2.45) is 7.05 Å². The third-order valence-electron chi connectivity index (χ3n) is 5.63. The van der Waals surface area contributed by atoms with E-state index in [4.69, 9.17) is 4.74 Å². The van der Waals surface area contributed by atoms with Crippen molar-refractivity contribution in [2.75, 3.05) is 26.7 Å². The maximum Gasteiger partial charge on any atom is 0.118 e. The highest BCUT2D eigenvalue weighted by Crippen LogP contribution is 2.26. The zero-order valence-electron chi connectivity index (χ0n) is 16.6. The molecule has 1 N–H and O–H groups in total. The number of rotatable bonds is 7. The number of piperidine rings is 1. The number of methoxy groups -OCH3 is 1. The summed E-state index contributed by atoms with van der Waals surface area (Å²) in [5.74, 6) is 0.917. The Kier molecular flexibility index (Phi) is 6.33. The molecule has 2 heterocycles. The third kappa shape index (κ3) is 4.27. The number of ether oxygens (including phenoxy) is 1. The van der Waals surface area contributed by atoms with Gasteiger partial charge in [0.15, 0.2) is 0 Å². The van der Waals surface area contributed by atoms with Gasteiger partial charge in [-0.3, -0.25) is 9.58 Å². The molecule has 1 saturated heterocycles. The Morgan fingerprint density at radius 1 is 1.12 bits per heavy atom. The van der Waals surface area contributed by atoms with E-state index in [1.165, 1.54) is 49.2 Å². The average molecular weight is 357 g/mol. The molecule has 3 rings (SSSR count). The summed E-state index contributed by atoms with van der Waals surface area (Å²) in [4.78, 5) is 2.63. The summed E-state index contributed by atoms with van der Waals surface area (Å²) in [6.45, 7) is 8.41. The van der Waals surface area contributed by atoms with Crippen LogP contribution in [0, 0.1) is 13.8 Å². The van der Waals surface area contributed by atoms with Crippen LogP contribution in [0.1, 0.15) is 47.8 Å². The topological polar surface area (TPSA) is 42.3 Å². The molecule has 1 atom stereocenters. The Balaban J connectivity index is 1.70. The van der Waals surface area contributed by atoms with Gasteiger partial charge in [-0.1, -0.05) is 18.6 Å². The van der Waals surface area contributed by atoms with Gasteiger partial charge in [0.05, 0.1) is 12.8 Å². The predicted molar refractivity (Wildman–Crippen MR) is 106 cm³/mol. The van der Waals surface area contributed by atoms with E-state index in [0.717, 1.165) is 24.5 Å². The second-order valence-corrected chi connectivity index (χ2v) is 7.29. The van der Waals surface area contributed by atoms with Crippen molar-refractivity contribution < 1.29 is 4.74 Å². The van der Waals surface area contributed by atoms with E-state index < -0.39 is 0 Å². The zero-order chi connectivity index (χ0) is 18.5. The molecule has 2 aromatic rings. The Labute approximate surface area is 157 Å². The minimum absolute atomic E-state index is 0.401. The van der Waals surface area contributed by atoms with Crippen LogP contribution in [0.3, 0.4) is 0 Å². The summed E-state index contributed by atoms with van der Waals surface area (Å²) in [7, 11) is 3.73. The molecule has 1 aliphatic heterocycles. The van der Waals surface area contributed by atoms with Gasteiger partial charge in [0.1, 0.15) is 5.75 Å². The van der Waals surface area contributed by atoms with Crippen LogP contribution in [-0.4, -0.2) is 41.4 Å². The molecule has 142 valence electrons. The molecule has 1 fully saturated rings. The second-order valence-electron chi connectivity index (χ2n) is 7.29. The highest BCUT2D eigenvalue weighted by Gasteiger charge is 2.22. The number of aromatic nitrogens is 2. The van der Waals surface area contributed by atoms with E-state index in [1.54, 1.807) is 7.11 Å². The SMILES string of the molecule is COc1ccc([C@@H](CNCc2c(C)nn(C)c2C)N2CCCCC2)cc1. The molecule has 0 amide bonds. The molecule has 26 heavy (non-hydrogen) atoms. The van der Waals surface area contributed by atoms with Crippen LogP contribution in [0.25, 0.3) is 0 Å². The molecule has 5 heteroatoms. The lowest BCUT2D eigenvalue weighted by Gasteiger charge is -2.35. The van der Waals surface area contributed by atoms with Crippen LogP contribution in [0.15, 0.2) is 24.3 Å². The van der Waals surface area contributed by atoms with Gasteiger partial charge in [0.25, 0.3) is 0 Å². The highest BCUT2D eigenvalue weighted by atomic mass is 16.5. The summed E-state index contributed by atoms with van der Waals surface area (Å²) >= 11 is 0. The molecule has 0 bridgehead atoms. The minimum Gasteiger partial charge on any atom is -0.497 e. The molecular weight excluding hydrogens is 324 g/mol. The summed E-state index contributed by atoms with van der Waals surface area (Å²) in [6, 6.07) is 8.96. The van der Waals surface area contributed by atoms with E-state index in [-0.39, 0.29) is 0 Å². The average Bonchev–Trinajstić information content (AvgIpc) is 2.92. The molecule has 0 radical (unpaired) electrons. The number of hydrogen-bond acceptors (Lipinski definition) is 4. The quantitative estimate of drug-likeness (QED) is 0.826. The summed E-state index contributed by atoms with van der Waals surface area (Å²) in [5.41, 5.74) is 5.05. The van der Waals surface area contributed by atoms with Gasteiger partial charge in [-0.2, -0.15) is 5.10 Å². The van der Waals surface area contributed by atoms with Crippen LogP contribution >= 0.6 is 0 Å². The van der Waals surface area contributed by atoms with Gasteiger partial charge < -0.3 is 10.1 Å². The first-order valence-electron chi connectivity index (χ1n) is 9.68. The van der Waals surface area contributed by atoms with E-state index >= 15 is 0 Å². The normalized spacial score (nSPS) is 16.6. The summed E-state index contributed by atoms with van der Waals surface area (Å²) in [6.07, 6.45) is 3.95. The Morgan fingerprint density at radius 2 is 1.81 bits per heavy atom. The number of aryl methyl sites for hydroxylation is 2. The summed E-state index contributed by atoms with van der Waals surface area (Å²) in [5, 5.41) is 8.22. The van der Waals surface area contributed by atoms with Gasteiger partial charge in [0, 0.05) is 37.4 Å². The van der Waals surface area contributed by atoms with Crippen molar-refractivity contribution in [3.05, 3.63) is 46.8 Å². The number of hydrogen-bond donors (Lipinski definition) is 1. The zero-order valence-corrected chi connectivity index (χ0v) is 16.6. The predicted octanol–water partition coefficient (Wildman–Crippen LogP) is 3.36. The van der Waals surface area contributed by atoms with Crippen LogP contribution in [0.2, 0.25) is 0 Å². The lowest BCUT2D eigenvalue weighted by molar-refractivity contribution is 0.160. The molecule has 1 aromatic carbocycles. The Hall–Kier alpha value is -1.85. The van der Waals surface area contributed by atoms with E-state index in [9.17, 15) is 0 Å². The number of benzene rings is 1. The second kappa shape index (κ2) is 8.69. The van der Waals surface area contributed by atoms with Crippen molar-refractivity contribution in [3.63, 3.8) is 0 Å². The highest BCUT2D eigenvalue weighted by molar-refractivity contribution is 5.30. The number of nitrogens with one attached hydrogen (secondary N) is 1. The largest absolute Gasteiger partial charge is 0.497 e. The van der Waals surface area contributed by atoms with Crippen LogP contribution in [0.4, 0.5) is 0 Å². The van der Waals surface area contributed by atoms with Crippen LogP contribution in [-0.2, 0) is 13.6 Å². The molecule has 5 nitrogen and oxygen atoms in total. The molecular formula is C21H32N4O. The van der Waals surface area contributed by atoms with Crippen molar-refractivity contribution in [3.8, 4) is 5.75 Å². The fourth-order valence-electron chi connectivity index (χ4n) is 3.92. The molecule has 0 spiro atoms. The van der Waals surface area contributed by atoms with Crippen molar-refractivity contribution in [1.29, 1.82) is 0 Å². The van der Waals surface area contributed by atoms with Gasteiger partial charge >= 0.3 is 0 Å². The molecule has 1 aromatic heterocycles. The first kappa shape index (κ1) is 18.9. The van der Waals surface area contributed by atoms with E-state index in [1.807, 2.05) is 11.7 Å². The first-order chi connectivity index (χ1) is 12.6. The third-order valence-corrected chi connectivity index (χ3v) is 5.63. The monoisotopic (exact) mass is 356 g/mol. The molecule has 0 saturated carbocycles. The molecule has 1 aliphatic rings. The van der Waals surface area contributed by atoms with Crippen LogP contribution < -0.4 is 10.1 Å². The fraction of sp³-hybridized carbons (Fsp3) is 0.571. The lowest BCUT2D eigenvalue weighted by atomic mass is 10.0. The Morgan fingerprint density at radius 3 is 2.38 bits per heavy atom. The minimum atomic E-state index is 0.401. The van der Waals surface area contributed by atoms with Crippen LogP contribution in [0.5, 0.6) is 5.75 Å². The van der Waals surface area contributed by atoms with Gasteiger partial charge in [0.2, 0.25) is 0 Å². The number of nitrogens with zero attached hydrogens (tertiary/aromatic N) is 3. The van der Waals surface area contributed by atoms with Gasteiger partial charge in [-0.25, -0.2) is 0 Å². The van der Waals surface area contributed by atoms with Gasteiger partial charge in [-0.15, -0.1) is 0 Å². The standard InChI is InChI=1S/C21H32N4O/c1-16-20(17(2)24(3)23-16)14-22-15-21(25-12-6-5-7-13-25)18-8-10-19(26-4)11-9-18/h8-11,21-22H,5-7,12-15H2,1-4H3/t21-/m1/s1. The first-order valence-corrected chi connectivity index (χ1v) is 9.68. The Bertz CT molecular complexity index is 702. The molecule has 0 aliphatic carbocycles. The van der Waals surface area contributed by atoms with Gasteiger partial charge in [-0.05, 0) is 57.5 Å². The smallest absolute Gasteiger partial charge is 0.118 e. The fourth-order valence-corrected chi connectivity index (χ4v) is 3.92. The lowest BCUT2D eigenvalue weighted by Crippen LogP contribution is -2.39. The van der Waals surface area contributed by atoms with E-state index in [0.29, 0.717) is 6.04 Å². The maximum absolute atomic E-state index is 5.32.